The fraction of sp³-hybridized carbons (Fsp3) is 0.538. The molecule has 0 saturated carbocycles. The van der Waals surface area contributed by atoms with Gasteiger partial charge in [-0.15, -0.1) is 0 Å². The van der Waals surface area contributed by atoms with E-state index in [1.165, 1.54) is 11.1 Å². The van der Waals surface area contributed by atoms with Crippen LogP contribution in [-0.2, 0) is 12.8 Å². The van der Waals surface area contributed by atoms with Crippen molar-refractivity contribution in [3.05, 3.63) is 35.4 Å². The van der Waals surface area contributed by atoms with Crippen molar-refractivity contribution in [2.45, 2.75) is 25.9 Å². The maximum atomic E-state index is 9.76. The molecule has 15 heavy (non-hydrogen) atoms. The standard InChI is InChI=1S/C13H21NO/c1-4-11-5-7-12(8-6-11)9-13(15)10-14(2)3/h5-8,13,15H,4,9-10H2,1-3H3. The number of aliphatic hydroxyl groups excluding tert-OH is 1. The molecule has 0 fully saturated rings. The molecule has 0 spiro atoms. The lowest BCUT2D eigenvalue weighted by Crippen LogP contribution is -2.27. The Morgan fingerprint density at radius 2 is 1.67 bits per heavy atom. The number of benzene rings is 1. The third-order valence-corrected chi connectivity index (χ3v) is 2.48. The molecule has 0 aromatic heterocycles. The van der Waals surface area contributed by atoms with E-state index in [0.717, 1.165) is 19.4 Å². The Hall–Kier alpha value is -0.860. The molecule has 1 aromatic rings. The topological polar surface area (TPSA) is 23.5 Å². The number of hydrogen-bond acceptors (Lipinski definition) is 2. The highest BCUT2D eigenvalue weighted by molar-refractivity contribution is 5.22. The van der Waals surface area contributed by atoms with Gasteiger partial charge in [0.1, 0.15) is 0 Å². The first-order valence-electron chi connectivity index (χ1n) is 5.52. The minimum atomic E-state index is -0.271. The monoisotopic (exact) mass is 207 g/mol. The highest BCUT2D eigenvalue weighted by Gasteiger charge is 2.06. The molecule has 0 amide bonds. The van der Waals surface area contributed by atoms with Gasteiger partial charge in [0.15, 0.2) is 0 Å². The minimum Gasteiger partial charge on any atom is -0.391 e. The second-order valence-corrected chi connectivity index (χ2v) is 4.29. The highest BCUT2D eigenvalue weighted by atomic mass is 16.3. The molecule has 0 aliphatic heterocycles. The van der Waals surface area contributed by atoms with Gasteiger partial charge in [-0.2, -0.15) is 0 Å². The highest BCUT2D eigenvalue weighted by Crippen LogP contribution is 2.07. The summed E-state index contributed by atoms with van der Waals surface area (Å²) in [4.78, 5) is 2.01. The lowest BCUT2D eigenvalue weighted by atomic mass is 10.0. The van der Waals surface area contributed by atoms with Gasteiger partial charge in [0.2, 0.25) is 0 Å². The van der Waals surface area contributed by atoms with Crippen LogP contribution in [0.25, 0.3) is 0 Å². The summed E-state index contributed by atoms with van der Waals surface area (Å²) < 4.78 is 0. The van der Waals surface area contributed by atoms with Crippen LogP contribution in [0.3, 0.4) is 0 Å². The molecule has 2 nitrogen and oxygen atoms in total. The third-order valence-electron chi connectivity index (χ3n) is 2.48. The Balaban J connectivity index is 2.49. The second-order valence-electron chi connectivity index (χ2n) is 4.29. The Bertz CT molecular complexity index is 279. The molecule has 0 bridgehead atoms. The van der Waals surface area contributed by atoms with E-state index in [1.807, 2.05) is 19.0 Å². The summed E-state index contributed by atoms with van der Waals surface area (Å²) >= 11 is 0. The van der Waals surface area contributed by atoms with Gasteiger partial charge >= 0.3 is 0 Å². The van der Waals surface area contributed by atoms with Crippen LogP contribution in [0, 0.1) is 0 Å². The Morgan fingerprint density at radius 3 is 2.13 bits per heavy atom. The van der Waals surface area contributed by atoms with Crippen LogP contribution in [-0.4, -0.2) is 36.8 Å². The number of rotatable bonds is 5. The summed E-state index contributed by atoms with van der Waals surface area (Å²) in [5.41, 5.74) is 2.56. The predicted octanol–water partition coefficient (Wildman–Crippen LogP) is 1.71. The van der Waals surface area contributed by atoms with Gasteiger partial charge in [-0.1, -0.05) is 31.2 Å². The molecular formula is C13H21NO. The van der Waals surface area contributed by atoms with E-state index in [0.29, 0.717) is 0 Å². The van der Waals surface area contributed by atoms with Crippen LogP contribution in [0.15, 0.2) is 24.3 Å². The number of aliphatic hydroxyl groups is 1. The zero-order valence-corrected chi connectivity index (χ0v) is 9.90. The van der Waals surface area contributed by atoms with E-state index in [2.05, 4.69) is 31.2 Å². The molecule has 2 heteroatoms. The first-order chi connectivity index (χ1) is 7.11. The van der Waals surface area contributed by atoms with Gasteiger partial charge in [-0.3, -0.25) is 0 Å². The van der Waals surface area contributed by atoms with Crippen molar-refractivity contribution in [2.75, 3.05) is 20.6 Å². The van der Waals surface area contributed by atoms with Gasteiger partial charge in [-0.05, 0) is 38.1 Å². The van der Waals surface area contributed by atoms with Crippen molar-refractivity contribution >= 4 is 0 Å². The Morgan fingerprint density at radius 1 is 1.13 bits per heavy atom. The number of nitrogens with zero attached hydrogens (tertiary/aromatic N) is 1. The first kappa shape index (κ1) is 12.2. The maximum absolute atomic E-state index is 9.76. The van der Waals surface area contributed by atoms with E-state index in [4.69, 9.17) is 0 Å². The van der Waals surface area contributed by atoms with E-state index in [1.54, 1.807) is 0 Å². The summed E-state index contributed by atoms with van der Waals surface area (Å²) in [6, 6.07) is 8.49. The number of likely N-dealkylation sites (N-methyl/N-ethyl adjacent to an activating group) is 1. The van der Waals surface area contributed by atoms with Crippen LogP contribution in [0.1, 0.15) is 18.1 Å². The van der Waals surface area contributed by atoms with Crippen LogP contribution in [0.4, 0.5) is 0 Å². The van der Waals surface area contributed by atoms with Crippen molar-refractivity contribution in [1.82, 2.24) is 4.90 Å². The van der Waals surface area contributed by atoms with Crippen LogP contribution >= 0.6 is 0 Å². The lowest BCUT2D eigenvalue weighted by Gasteiger charge is -2.15. The Kier molecular flexibility index (Phi) is 4.79. The average molecular weight is 207 g/mol. The molecular weight excluding hydrogens is 186 g/mol. The largest absolute Gasteiger partial charge is 0.391 e. The van der Waals surface area contributed by atoms with Gasteiger partial charge in [0.05, 0.1) is 6.10 Å². The summed E-state index contributed by atoms with van der Waals surface area (Å²) in [5.74, 6) is 0. The fourth-order valence-corrected chi connectivity index (χ4v) is 1.67. The van der Waals surface area contributed by atoms with Crippen molar-refractivity contribution in [3.63, 3.8) is 0 Å². The van der Waals surface area contributed by atoms with Crippen LogP contribution < -0.4 is 0 Å². The summed E-state index contributed by atoms with van der Waals surface area (Å²) in [6.07, 6.45) is 1.54. The second kappa shape index (κ2) is 5.89. The summed E-state index contributed by atoms with van der Waals surface area (Å²) in [5, 5.41) is 9.76. The molecule has 1 aromatic carbocycles. The van der Waals surface area contributed by atoms with Gasteiger partial charge in [0.25, 0.3) is 0 Å². The SMILES string of the molecule is CCc1ccc(CC(O)CN(C)C)cc1. The van der Waals surface area contributed by atoms with Crippen molar-refractivity contribution in [3.8, 4) is 0 Å². The average Bonchev–Trinajstić information content (AvgIpc) is 2.17. The first-order valence-corrected chi connectivity index (χ1v) is 5.52. The molecule has 0 radical (unpaired) electrons. The number of aryl methyl sites for hydroxylation is 1. The molecule has 0 aliphatic carbocycles. The molecule has 84 valence electrons. The maximum Gasteiger partial charge on any atom is 0.0707 e. The smallest absolute Gasteiger partial charge is 0.0707 e. The van der Waals surface area contributed by atoms with E-state index in [-0.39, 0.29) is 6.10 Å². The summed E-state index contributed by atoms with van der Waals surface area (Å²) in [6.45, 7) is 2.87. The zero-order valence-electron chi connectivity index (χ0n) is 9.90. The van der Waals surface area contributed by atoms with Crippen molar-refractivity contribution in [2.24, 2.45) is 0 Å². The van der Waals surface area contributed by atoms with Crippen molar-refractivity contribution < 1.29 is 5.11 Å². The van der Waals surface area contributed by atoms with Crippen molar-refractivity contribution in [1.29, 1.82) is 0 Å². The minimum absolute atomic E-state index is 0.271. The molecule has 1 atom stereocenters. The zero-order chi connectivity index (χ0) is 11.3. The number of hydrogen-bond donors (Lipinski definition) is 1. The third kappa shape index (κ3) is 4.45. The van der Waals surface area contributed by atoms with E-state index >= 15 is 0 Å². The molecule has 0 saturated heterocycles. The normalized spacial score (nSPS) is 13.1. The lowest BCUT2D eigenvalue weighted by molar-refractivity contribution is 0.137. The summed E-state index contributed by atoms with van der Waals surface area (Å²) in [7, 11) is 3.95. The molecule has 0 aliphatic rings. The Labute approximate surface area is 92.5 Å². The van der Waals surface area contributed by atoms with Gasteiger partial charge < -0.3 is 10.0 Å². The molecule has 1 unspecified atom stereocenters. The van der Waals surface area contributed by atoms with Gasteiger partial charge in [-0.25, -0.2) is 0 Å². The molecule has 0 heterocycles. The molecule has 1 N–H and O–H groups in total. The van der Waals surface area contributed by atoms with E-state index < -0.39 is 0 Å². The van der Waals surface area contributed by atoms with Gasteiger partial charge in [0, 0.05) is 6.54 Å². The van der Waals surface area contributed by atoms with Crippen LogP contribution in [0.5, 0.6) is 0 Å². The predicted molar refractivity (Wildman–Crippen MR) is 64.1 cm³/mol. The molecule has 1 rings (SSSR count). The quantitative estimate of drug-likeness (QED) is 0.794. The fourth-order valence-electron chi connectivity index (χ4n) is 1.67. The van der Waals surface area contributed by atoms with Crippen LogP contribution in [0.2, 0.25) is 0 Å². The van der Waals surface area contributed by atoms with E-state index in [9.17, 15) is 5.11 Å².